The van der Waals surface area contributed by atoms with E-state index in [2.05, 4.69) is 35.8 Å². The highest BCUT2D eigenvalue weighted by Crippen LogP contribution is 2.39. The predicted molar refractivity (Wildman–Crippen MR) is 81.5 cm³/mol. The van der Waals surface area contributed by atoms with Gasteiger partial charge in [0.2, 0.25) is 0 Å². The van der Waals surface area contributed by atoms with Gasteiger partial charge in [-0.15, -0.1) is 0 Å². The van der Waals surface area contributed by atoms with E-state index >= 15 is 0 Å². The molecule has 2 aliphatic heterocycles. The smallest absolute Gasteiger partial charge is 0.0408 e. The lowest BCUT2D eigenvalue weighted by Crippen LogP contribution is -2.38. The number of hydrogen-bond donors (Lipinski definition) is 2. The van der Waals surface area contributed by atoms with Crippen LogP contribution in [-0.2, 0) is 0 Å². The Morgan fingerprint density at radius 1 is 1.11 bits per heavy atom. The fourth-order valence-electron chi connectivity index (χ4n) is 2.74. The van der Waals surface area contributed by atoms with Crippen molar-refractivity contribution in [3.8, 4) is 0 Å². The molecule has 1 saturated heterocycles. The molecule has 0 bridgehead atoms. The average Bonchev–Trinajstić information content (AvgIpc) is 2.84. The van der Waals surface area contributed by atoms with Crippen molar-refractivity contribution in [3.63, 3.8) is 0 Å². The molecule has 2 unspecified atom stereocenters. The lowest BCUT2D eigenvalue weighted by Gasteiger charge is -2.26. The van der Waals surface area contributed by atoms with Gasteiger partial charge in [-0.05, 0) is 31.0 Å². The molecule has 2 atom stereocenters. The quantitative estimate of drug-likeness (QED) is 0.727. The Balaban J connectivity index is 0.000000371. The Morgan fingerprint density at radius 2 is 1.83 bits per heavy atom. The molecule has 18 heavy (non-hydrogen) atoms. The van der Waals surface area contributed by atoms with Crippen molar-refractivity contribution >= 4 is 5.69 Å². The lowest BCUT2D eigenvalue weighted by atomic mass is 9.90. The summed E-state index contributed by atoms with van der Waals surface area (Å²) in [4.78, 5) is 0. The first kappa shape index (κ1) is 15.0. The van der Waals surface area contributed by atoms with Crippen LogP contribution in [-0.4, -0.2) is 19.1 Å². The topological polar surface area (TPSA) is 24.1 Å². The number of para-hydroxylation sites is 1. The number of benzene rings is 1. The minimum absolute atomic E-state index is 0.673. The van der Waals surface area contributed by atoms with Gasteiger partial charge >= 0.3 is 0 Å². The van der Waals surface area contributed by atoms with Crippen molar-refractivity contribution in [2.45, 2.75) is 53.0 Å². The molecule has 2 nitrogen and oxygen atoms in total. The van der Waals surface area contributed by atoms with E-state index in [1.54, 1.807) is 0 Å². The number of piperidine rings is 1. The Kier molecular flexibility index (Phi) is 6.20. The van der Waals surface area contributed by atoms with E-state index in [1.165, 1.54) is 23.2 Å². The SMILES string of the molecule is CC.CC.Cc1cccc2c1NC1CCNCC21. The Bertz CT molecular complexity index is 360. The molecule has 102 valence electrons. The fourth-order valence-corrected chi connectivity index (χ4v) is 2.74. The summed E-state index contributed by atoms with van der Waals surface area (Å²) in [5.41, 5.74) is 4.30. The second-order valence-electron chi connectivity index (χ2n) is 4.39. The molecule has 1 aromatic rings. The number of aryl methyl sites for hydroxylation is 1. The molecular weight excluding hydrogens is 220 g/mol. The van der Waals surface area contributed by atoms with E-state index in [9.17, 15) is 0 Å². The van der Waals surface area contributed by atoms with Gasteiger partial charge in [0.05, 0.1) is 0 Å². The number of anilines is 1. The molecular formula is C16H28N2. The molecule has 3 rings (SSSR count). The summed E-state index contributed by atoms with van der Waals surface area (Å²) >= 11 is 0. The predicted octanol–water partition coefficient (Wildman–Crippen LogP) is 3.92. The van der Waals surface area contributed by atoms with Gasteiger partial charge in [0.25, 0.3) is 0 Å². The highest BCUT2D eigenvalue weighted by molar-refractivity contribution is 5.64. The maximum Gasteiger partial charge on any atom is 0.0408 e. The molecule has 0 aromatic heterocycles. The summed E-state index contributed by atoms with van der Waals surface area (Å²) in [5, 5.41) is 7.14. The molecule has 0 saturated carbocycles. The van der Waals surface area contributed by atoms with Gasteiger partial charge in [-0.3, -0.25) is 0 Å². The van der Waals surface area contributed by atoms with Crippen LogP contribution in [0.1, 0.15) is 51.2 Å². The van der Waals surface area contributed by atoms with Crippen molar-refractivity contribution in [2.24, 2.45) is 0 Å². The maximum atomic E-state index is 3.66. The van der Waals surface area contributed by atoms with Crippen LogP contribution in [0.15, 0.2) is 18.2 Å². The van der Waals surface area contributed by atoms with E-state index in [4.69, 9.17) is 0 Å². The first-order valence-corrected chi connectivity index (χ1v) is 7.43. The van der Waals surface area contributed by atoms with Crippen molar-refractivity contribution in [3.05, 3.63) is 29.3 Å². The highest BCUT2D eigenvalue weighted by Gasteiger charge is 2.34. The Hall–Kier alpha value is -1.02. The van der Waals surface area contributed by atoms with Crippen LogP contribution in [0, 0.1) is 6.92 Å². The third-order valence-corrected chi connectivity index (χ3v) is 3.52. The van der Waals surface area contributed by atoms with E-state index < -0.39 is 0 Å². The first-order chi connectivity index (χ1) is 8.86. The minimum atomic E-state index is 0.673. The second kappa shape index (κ2) is 7.42. The monoisotopic (exact) mass is 248 g/mol. The Labute approximate surface area is 112 Å². The zero-order valence-corrected chi connectivity index (χ0v) is 12.5. The molecule has 2 heteroatoms. The summed E-state index contributed by atoms with van der Waals surface area (Å²) in [6, 6.07) is 7.31. The summed E-state index contributed by atoms with van der Waals surface area (Å²) < 4.78 is 0. The van der Waals surface area contributed by atoms with Crippen LogP contribution in [0.5, 0.6) is 0 Å². The van der Waals surface area contributed by atoms with Crippen LogP contribution < -0.4 is 10.6 Å². The third-order valence-electron chi connectivity index (χ3n) is 3.52. The van der Waals surface area contributed by atoms with Crippen molar-refractivity contribution in [1.82, 2.24) is 5.32 Å². The van der Waals surface area contributed by atoms with E-state index in [0.29, 0.717) is 12.0 Å². The molecule has 0 spiro atoms. The molecule has 2 aliphatic rings. The number of fused-ring (bicyclic) bond motifs is 3. The van der Waals surface area contributed by atoms with Crippen molar-refractivity contribution in [2.75, 3.05) is 18.4 Å². The van der Waals surface area contributed by atoms with Crippen LogP contribution >= 0.6 is 0 Å². The van der Waals surface area contributed by atoms with Gasteiger partial charge in [0, 0.05) is 24.2 Å². The number of hydrogen-bond acceptors (Lipinski definition) is 2. The molecule has 1 aromatic carbocycles. The van der Waals surface area contributed by atoms with Crippen molar-refractivity contribution in [1.29, 1.82) is 0 Å². The summed E-state index contributed by atoms with van der Waals surface area (Å²) in [6.07, 6.45) is 1.25. The van der Waals surface area contributed by atoms with Gasteiger partial charge in [-0.2, -0.15) is 0 Å². The second-order valence-corrected chi connectivity index (χ2v) is 4.39. The van der Waals surface area contributed by atoms with Crippen molar-refractivity contribution < 1.29 is 0 Å². The van der Waals surface area contributed by atoms with E-state index in [-0.39, 0.29) is 0 Å². The molecule has 2 heterocycles. The zero-order valence-electron chi connectivity index (χ0n) is 12.5. The minimum Gasteiger partial charge on any atom is -0.381 e. The first-order valence-electron chi connectivity index (χ1n) is 7.43. The van der Waals surface area contributed by atoms with Gasteiger partial charge in [-0.25, -0.2) is 0 Å². The zero-order chi connectivity index (χ0) is 13.5. The molecule has 0 aliphatic carbocycles. The van der Waals surface area contributed by atoms with Gasteiger partial charge in [0.1, 0.15) is 0 Å². The number of rotatable bonds is 0. The largest absolute Gasteiger partial charge is 0.381 e. The fraction of sp³-hybridized carbons (Fsp3) is 0.625. The highest BCUT2D eigenvalue weighted by atomic mass is 15.0. The lowest BCUT2D eigenvalue weighted by molar-refractivity contribution is 0.440. The van der Waals surface area contributed by atoms with E-state index in [0.717, 1.165) is 13.1 Å². The summed E-state index contributed by atoms with van der Waals surface area (Å²) in [6.45, 7) is 12.5. The molecule has 1 fully saturated rings. The third kappa shape index (κ3) is 2.86. The molecule has 0 radical (unpaired) electrons. The van der Waals surface area contributed by atoms with Gasteiger partial charge in [-0.1, -0.05) is 45.9 Å². The molecule has 2 N–H and O–H groups in total. The van der Waals surface area contributed by atoms with Crippen LogP contribution in [0.3, 0.4) is 0 Å². The van der Waals surface area contributed by atoms with E-state index in [1.807, 2.05) is 27.7 Å². The number of nitrogens with one attached hydrogen (secondary N) is 2. The average molecular weight is 248 g/mol. The van der Waals surface area contributed by atoms with Gasteiger partial charge in [0.15, 0.2) is 0 Å². The van der Waals surface area contributed by atoms with Crippen LogP contribution in [0.2, 0.25) is 0 Å². The van der Waals surface area contributed by atoms with Crippen LogP contribution in [0.4, 0.5) is 5.69 Å². The summed E-state index contributed by atoms with van der Waals surface area (Å²) in [7, 11) is 0. The van der Waals surface area contributed by atoms with Crippen LogP contribution in [0.25, 0.3) is 0 Å². The van der Waals surface area contributed by atoms with Gasteiger partial charge < -0.3 is 10.6 Å². The maximum absolute atomic E-state index is 3.66. The normalized spacial score (nSPS) is 23.4. The standard InChI is InChI=1S/C12H16N2.2C2H6/c1-8-3-2-4-9-10-7-13-6-5-11(10)14-12(8)9;2*1-2/h2-4,10-11,13-14H,5-7H2,1H3;2*1-2H3. The molecule has 0 amide bonds. The Morgan fingerprint density at radius 3 is 2.56 bits per heavy atom. The summed E-state index contributed by atoms with van der Waals surface area (Å²) in [5.74, 6) is 0.693.